The van der Waals surface area contributed by atoms with Gasteiger partial charge in [0.15, 0.2) is 0 Å². The summed E-state index contributed by atoms with van der Waals surface area (Å²) in [5.41, 5.74) is 0. The van der Waals surface area contributed by atoms with E-state index in [-0.39, 0.29) is 0 Å². The topological polar surface area (TPSA) is 47.5 Å². The van der Waals surface area contributed by atoms with Crippen LogP contribution in [0.5, 0.6) is 17.5 Å². The monoisotopic (exact) mass is 375 g/mol. The zero-order valence-corrected chi connectivity index (χ0v) is 14.3. The number of benzene rings is 1. The maximum absolute atomic E-state index is 6.18. The summed E-state index contributed by atoms with van der Waals surface area (Å²) in [6.45, 7) is 3.50. The standard InChI is InChI=1S/C17H18BrN3O2/c18-13-9-19-17(20-10-13)23-15-3-1-14(2-4-15)22-16-11-21-7-5-12(16)6-8-21/h1-4,9-10,12,16H,5-8,11H2. The highest BCUT2D eigenvalue weighted by atomic mass is 79.9. The van der Waals surface area contributed by atoms with Crippen LogP contribution in [0.3, 0.4) is 0 Å². The van der Waals surface area contributed by atoms with Crippen molar-refractivity contribution < 1.29 is 9.47 Å². The van der Waals surface area contributed by atoms with Crippen molar-refractivity contribution in [2.24, 2.45) is 5.92 Å². The summed E-state index contributed by atoms with van der Waals surface area (Å²) >= 11 is 3.30. The van der Waals surface area contributed by atoms with Gasteiger partial charge >= 0.3 is 6.01 Å². The average Bonchev–Trinajstić information content (AvgIpc) is 2.60. The molecule has 4 heterocycles. The lowest BCUT2D eigenvalue weighted by Crippen LogP contribution is -2.52. The molecule has 23 heavy (non-hydrogen) atoms. The molecule has 5 rings (SSSR count). The van der Waals surface area contributed by atoms with E-state index in [0.29, 0.717) is 23.8 Å². The highest BCUT2D eigenvalue weighted by Gasteiger charge is 2.35. The Morgan fingerprint density at radius 2 is 1.65 bits per heavy atom. The first-order valence-electron chi connectivity index (χ1n) is 7.91. The van der Waals surface area contributed by atoms with Crippen LogP contribution in [0.2, 0.25) is 0 Å². The molecule has 0 spiro atoms. The van der Waals surface area contributed by atoms with Gasteiger partial charge < -0.3 is 9.47 Å². The van der Waals surface area contributed by atoms with Crippen LogP contribution in [-0.2, 0) is 0 Å². The number of piperidine rings is 3. The van der Waals surface area contributed by atoms with Gasteiger partial charge in [-0.2, -0.15) is 0 Å². The third-order valence-electron chi connectivity index (χ3n) is 4.51. The normalized spacial score (nSPS) is 26.0. The highest BCUT2D eigenvalue weighted by Crippen LogP contribution is 2.31. The van der Waals surface area contributed by atoms with E-state index in [1.165, 1.54) is 25.9 Å². The molecule has 3 aliphatic heterocycles. The highest BCUT2D eigenvalue weighted by molar-refractivity contribution is 9.10. The smallest absolute Gasteiger partial charge is 0.321 e. The molecule has 120 valence electrons. The molecule has 1 unspecified atom stereocenters. The quantitative estimate of drug-likeness (QED) is 0.818. The molecule has 3 saturated heterocycles. The van der Waals surface area contributed by atoms with Gasteiger partial charge in [-0.3, -0.25) is 4.90 Å². The van der Waals surface area contributed by atoms with Crippen LogP contribution in [0.4, 0.5) is 0 Å². The van der Waals surface area contributed by atoms with E-state index < -0.39 is 0 Å². The van der Waals surface area contributed by atoms with Gasteiger partial charge in [0, 0.05) is 18.9 Å². The minimum Gasteiger partial charge on any atom is -0.489 e. The first-order valence-corrected chi connectivity index (χ1v) is 8.70. The van der Waals surface area contributed by atoms with Crippen molar-refractivity contribution in [2.75, 3.05) is 19.6 Å². The van der Waals surface area contributed by atoms with Crippen LogP contribution in [0.15, 0.2) is 41.1 Å². The van der Waals surface area contributed by atoms with Crippen LogP contribution in [0.25, 0.3) is 0 Å². The average molecular weight is 376 g/mol. The van der Waals surface area contributed by atoms with Crippen LogP contribution >= 0.6 is 15.9 Å². The number of rotatable bonds is 4. The van der Waals surface area contributed by atoms with E-state index in [4.69, 9.17) is 9.47 Å². The number of nitrogens with zero attached hydrogens (tertiary/aromatic N) is 3. The molecule has 1 aromatic heterocycles. The van der Waals surface area contributed by atoms with E-state index in [2.05, 4.69) is 30.8 Å². The van der Waals surface area contributed by atoms with Gasteiger partial charge in [-0.05, 0) is 72.0 Å². The minimum atomic E-state index is 0.319. The summed E-state index contributed by atoms with van der Waals surface area (Å²) in [5, 5.41) is 0. The third-order valence-corrected chi connectivity index (χ3v) is 4.92. The Morgan fingerprint density at radius 3 is 2.26 bits per heavy atom. The van der Waals surface area contributed by atoms with Gasteiger partial charge in [-0.25, -0.2) is 9.97 Å². The van der Waals surface area contributed by atoms with Gasteiger partial charge in [0.2, 0.25) is 0 Å². The second-order valence-corrected chi connectivity index (χ2v) is 6.97. The van der Waals surface area contributed by atoms with E-state index in [9.17, 15) is 0 Å². The second kappa shape index (κ2) is 6.45. The van der Waals surface area contributed by atoms with E-state index in [1.807, 2.05) is 24.3 Å². The molecule has 1 aromatic carbocycles. The fourth-order valence-electron chi connectivity index (χ4n) is 3.26. The Balaban J connectivity index is 1.39. The number of fused-ring (bicyclic) bond motifs is 3. The first-order chi connectivity index (χ1) is 11.3. The van der Waals surface area contributed by atoms with E-state index in [1.54, 1.807) is 12.4 Å². The van der Waals surface area contributed by atoms with E-state index in [0.717, 1.165) is 16.8 Å². The largest absolute Gasteiger partial charge is 0.489 e. The van der Waals surface area contributed by atoms with Crippen molar-refractivity contribution in [1.82, 2.24) is 14.9 Å². The second-order valence-electron chi connectivity index (χ2n) is 6.05. The number of hydrogen-bond acceptors (Lipinski definition) is 5. The van der Waals surface area contributed by atoms with Crippen LogP contribution in [-0.4, -0.2) is 40.6 Å². The molecule has 1 atom stereocenters. The van der Waals surface area contributed by atoms with Crippen molar-refractivity contribution in [1.29, 1.82) is 0 Å². The number of ether oxygens (including phenoxy) is 2. The summed E-state index contributed by atoms with van der Waals surface area (Å²) in [6.07, 6.45) is 6.15. The maximum atomic E-state index is 6.18. The zero-order valence-electron chi connectivity index (χ0n) is 12.7. The lowest BCUT2D eigenvalue weighted by Gasteiger charge is -2.44. The minimum absolute atomic E-state index is 0.319. The number of aromatic nitrogens is 2. The lowest BCUT2D eigenvalue weighted by atomic mass is 9.86. The Morgan fingerprint density at radius 1 is 1.00 bits per heavy atom. The van der Waals surface area contributed by atoms with Crippen molar-refractivity contribution in [2.45, 2.75) is 18.9 Å². The van der Waals surface area contributed by atoms with Crippen molar-refractivity contribution in [3.05, 3.63) is 41.1 Å². The molecule has 3 fully saturated rings. The molecule has 6 heteroatoms. The third kappa shape index (κ3) is 3.48. The number of halogens is 1. The Kier molecular flexibility index (Phi) is 4.18. The molecule has 0 aliphatic carbocycles. The van der Waals surface area contributed by atoms with Crippen molar-refractivity contribution in [3.63, 3.8) is 0 Å². The van der Waals surface area contributed by atoms with Gasteiger partial charge in [0.1, 0.15) is 17.6 Å². The molecule has 0 amide bonds. The molecular weight excluding hydrogens is 358 g/mol. The SMILES string of the molecule is Brc1cnc(Oc2ccc(OC3CN4CCC3CC4)cc2)nc1. The fourth-order valence-corrected chi connectivity index (χ4v) is 3.47. The molecular formula is C17H18BrN3O2. The van der Waals surface area contributed by atoms with Gasteiger partial charge in [-0.15, -0.1) is 0 Å². The molecule has 2 aromatic rings. The summed E-state index contributed by atoms with van der Waals surface area (Å²) in [4.78, 5) is 10.7. The van der Waals surface area contributed by atoms with E-state index >= 15 is 0 Å². The summed E-state index contributed by atoms with van der Waals surface area (Å²) in [7, 11) is 0. The van der Waals surface area contributed by atoms with Crippen LogP contribution in [0.1, 0.15) is 12.8 Å². The Labute approximate surface area is 143 Å². The number of hydrogen-bond donors (Lipinski definition) is 0. The Bertz CT molecular complexity index is 655. The van der Waals surface area contributed by atoms with Crippen LogP contribution in [0, 0.1) is 5.92 Å². The molecule has 0 N–H and O–H groups in total. The zero-order chi connectivity index (χ0) is 15.6. The molecule has 3 aliphatic rings. The fraction of sp³-hybridized carbons (Fsp3) is 0.412. The van der Waals surface area contributed by atoms with Crippen molar-refractivity contribution >= 4 is 15.9 Å². The van der Waals surface area contributed by atoms with Gasteiger partial charge in [0.25, 0.3) is 0 Å². The van der Waals surface area contributed by atoms with Gasteiger partial charge in [-0.1, -0.05) is 0 Å². The molecule has 0 saturated carbocycles. The lowest BCUT2D eigenvalue weighted by molar-refractivity contribution is -0.00777. The summed E-state index contributed by atoms with van der Waals surface area (Å²) in [6, 6.07) is 8.02. The summed E-state index contributed by atoms with van der Waals surface area (Å²) in [5.74, 6) is 2.30. The first kappa shape index (κ1) is 14.9. The predicted molar refractivity (Wildman–Crippen MR) is 89.8 cm³/mol. The molecule has 0 radical (unpaired) electrons. The Hall–Kier alpha value is -1.66. The van der Waals surface area contributed by atoms with Gasteiger partial charge in [0.05, 0.1) is 4.47 Å². The van der Waals surface area contributed by atoms with Crippen LogP contribution < -0.4 is 9.47 Å². The molecule has 2 bridgehead atoms. The summed E-state index contributed by atoms with van der Waals surface area (Å²) < 4.78 is 12.6. The predicted octanol–water partition coefficient (Wildman–Crippen LogP) is 3.50. The van der Waals surface area contributed by atoms with Crippen molar-refractivity contribution in [3.8, 4) is 17.5 Å². The molecule has 5 nitrogen and oxygen atoms in total. The maximum Gasteiger partial charge on any atom is 0.321 e.